The van der Waals surface area contributed by atoms with Crippen LogP contribution in [0.3, 0.4) is 0 Å². The van der Waals surface area contributed by atoms with Crippen molar-refractivity contribution in [1.29, 1.82) is 0 Å². The maximum absolute atomic E-state index is 2.62. The molecule has 0 saturated heterocycles. The predicted molar refractivity (Wildman–Crippen MR) is 145 cm³/mol. The van der Waals surface area contributed by atoms with E-state index in [0.717, 1.165) is 6.42 Å². The van der Waals surface area contributed by atoms with Crippen LogP contribution in [0.15, 0.2) is 54.6 Å². The van der Waals surface area contributed by atoms with Crippen molar-refractivity contribution in [3.8, 4) is 11.1 Å². The Morgan fingerprint density at radius 1 is 0.861 bits per heavy atom. The molecule has 2 aromatic rings. The fraction of sp³-hybridized carbons (Fsp3) is 0.364. The molecule has 186 valence electrons. The first-order valence-corrected chi connectivity index (χ1v) is 16.5. The van der Waals surface area contributed by atoms with E-state index in [0.29, 0.717) is 5.92 Å². The zero-order valence-corrected chi connectivity index (χ0v) is 26.7. The number of halogens is 2. The molecule has 36 heavy (non-hydrogen) atoms. The minimum atomic E-state index is -2.09. The van der Waals surface area contributed by atoms with Gasteiger partial charge in [-0.3, -0.25) is 0 Å². The van der Waals surface area contributed by atoms with E-state index in [9.17, 15) is 0 Å². The Bertz CT molecular complexity index is 1450. The van der Waals surface area contributed by atoms with Crippen LogP contribution in [-0.2, 0) is 38.5 Å². The predicted octanol–water partition coefficient (Wildman–Crippen LogP) is 2.51. The van der Waals surface area contributed by atoms with Crippen molar-refractivity contribution in [3.05, 3.63) is 88.0 Å². The first-order chi connectivity index (χ1) is 16.0. The molecule has 0 fully saturated rings. The molecular formula is C33H36Cl2Zr. The molecule has 2 aromatic carbocycles. The second kappa shape index (κ2) is 9.18. The van der Waals surface area contributed by atoms with E-state index >= 15 is 0 Å². The first kappa shape index (κ1) is 27.8. The van der Waals surface area contributed by atoms with Gasteiger partial charge in [0.05, 0.1) is 0 Å². The van der Waals surface area contributed by atoms with Gasteiger partial charge < -0.3 is 24.8 Å². The van der Waals surface area contributed by atoms with Crippen LogP contribution in [-0.4, -0.2) is 3.21 Å². The molecule has 4 aliphatic rings. The molecule has 0 aromatic heterocycles. The Morgan fingerprint density at radius 3 is 2.06 bits per heavy atom. The molecule has 0 spiro atoms. The summed E-state index contributed by atoms with van der Waals surface area (Å²) in [4.78, 5) is 0. The second-order valence-electron chi connectivity index (χ2n) is 12.3. The van der Waals surface area contributed by atoms with E-state index in [2.05, 4.69) is 110 Å². The topological polar surface area (TPSA) is 0 Å². The number of benzene rings is 2. The molecule has 0 radical (unpaired) electrons. The molecule has 0 aliphatic heterocycles. The quantitative estimate of drug-likeness (QED) is 0.428. The fourth-order valence-electron chi connectivity index (χ4n) is 6.85. The number of fused-ring (bicyclic) bond motifs is 5. The van der Waals surface area contributed by atoms with Crippen molar-refractivity contribution in [3.63, 3.8) is 0 Å². The molecular weight excluding hydrogens is 558 g/mol. The SMILES string of the molecule is CC1=CC(C)[C]([Zr+2]([C]2=Cc3cc4c(cc3C2(C)C)Cc2cc3c(cc2-4)C=CC3(C)C)=[C](C)C)=C1.[Cl-].[Cl-]. The zero-order valence-electron chi connectivity index (χ0n) is 22.7. The van der Waals surface area contributed by atoms with Crippen LogP contribution >= 0.6 is 0 Å². The van der Waals surface area contributed by atoms with Crippen molar-refractivity contribution in [2.75, 3.05) is 0 Å². The Morgan fingerprint density at radius 2 is 1.47 bits per heavy atom. The smallest absolute Gasteiger partial charge is 1.00 e. The van der Waals surface area contributed by atoms with E-state index in [1.54, 1.807) is 15.3 Å². The average molecular weight is 595 g/mol. The first-order valence-electron chi connectivity index (χ1n) is 12.8. The molecule has 0 saturated carbocycles. The minimum absolute atomic E-state index is 0. The van der Waals surface area contributed by atoms with Crippen molar-refractivity contribution in [2.45, 2.75) is 72.6 Å². The molecule has 0 amide bonds. The van der Waals surface area contributed by atoms with Gasteiger partial charge >= 0.3 is 214 Å². The van der Waals surface area contributed by atoms with Gasteiger partial charge in [0.25, 0.3) is 0 Å². The van der Waals surface area contributed by atoms with Crippen molar-refractivity contribution >= 4 is 15.4 Å². The van der Waals surface area contributed by atoms with Crippen LogP contribution in [0.4, 0.5) is 0 Å². The second-order valence-corrected chi connectivity index (χ2v) is 19.3. The van der Waals surface area contributed by atoms with Gasteiger partial charge in [0.15, 0.2) is 0 Å². The third kappa shape index (κ3) is 4.00. The largest absolute Gasteiger partial charge is 1.00 e. The molecule has 0 bridgehead atoms. The van der Waals surface area contributed by atoms with Gasteiger partial charge in [-0.1, -0.05) is 0 Å². The number of allylic oxidation sites excluding steroid dienone is 6. The van der Waals surface area contributed by atoms with Crippen molar-refractivity contribution in [1.82, 2.24) is 0 Å². The number of rotatable bonds is 2. The van der Waals surface area contributed by atoms with Gasteiger partial charge in [0, 0.05) is 0 Å². The zero-order chi connectivity index (χ0) is 24.2. The Kier molecular flexibility index (Phi) is 7.08. The van der Waals surface area contributed by atoms with Gasteiger partial charge in [-0.25, -0.2) is 0 Å². The van der Waals surface area contributed by atoms with Crippen LogP contribution in [0.1, 0.15) is 88.8 Å². The minimum Gasteiger partial charge on any atom is -1.00 e. The average Bonchev–Trinajstić information content (AvgIpc) is 3.43. The van der Waals surface area contributed by atoms with E-state index in [4.69, 9.17) is 0 Å². The summed E-state index contributed by atoms with van der Waals surface area (Å²) in [6.07, 6.45) is 13.4. The van der Waals surface area contributed by atoms with E-state index in [-0.39, 0.29) is 35.6 Å². The summed E-state index contributed by atoms with van der Waals surface area (Å²) in [5, 5.41) is 0. The summed E-state index contributed by atoms with van der Waals surface area (Å²) >= 11 is -2.09. The van der Waals surface area contributed by atoms with E-state index in [1.165, 1.54) is 44.5 Å². The molecule has 6 rings (SSSR count). The molecule has 4 aliphatic carbocycles. The molecule has 1 atom stereocenters. The molecule has 1 unspecified atom stereocenters. The summed E-state index contributed by atoms with van der Waals surface area (Å²) < 4.78 is 5.21. The van der Waals surface area contributed by atoms with Crippen LogP contribution in [0, 0.1) is 5.92 Å². The summed E-state index contributed by atoms with van der Waals surface area (Å²) in [5.41, 5.74) is 13.6. The van der Waals surface area contributed by atoms with Gasteiger partial charge in [0.2, 0.25) is 0 Å². The van der Waals surface area contributed by atoms with Gasteiger partial charge in [0.1, 0.15) is 0 Å². The Labute approximate surface area is 237 Å². The maximum Gasteiger partial charge on any atom is -1.00 e. The normalized spacial score (nSPS) is 20.5. The number of hydrogen-bond donors (Lipinski definition) is 0. The summed E-state index contributed by atoms with van der Waals surface area (Å²) in [6.45, 7) is 19.1. The summed E-state index contributed by atoms with van der Waals surface area (Å²) in [7, 11) is 0. The Balaban J connectivity index is 0.00000152. The molecule has 0 nitrogen and oxygen atoms in total. The van der Waals surface area contributed by atoms with Crippen LogP contribution in [0.25, 0.3) is 23.3 Å². The number of hydrogen-bond acceptors (Lipinski definition) is 0. The van der Waals surface area contributed by atoms with E-state index in [1.807, 2.05) is 0 Å². The molecule has 0 heterocycles. The third-order valence-corrected chi connectivity index (χ3v) is 17.3. The maximum atomic E-state index is 2.62. The Hall–Kier alpha value is -1.27. The monoisotopic (exact) mass is 592 g/mol. The molecule has 3 heteroatoms. The fourth-order valence-corrected chi connectivity index (χ4v) is 15.2. The third-order valence-electron chi connectivity index (χ3n) is 8.69. The summed E-state index contributed by atoms with van der Waals surface area (Å²) in [5.74, 6) is 0.598. The van der Waals surface area contributed by atoms with Crippen LogP contribution in [0.2, 0.25) is 0 Å². The van der Waals surface area contributed by atoms with Gasteiger partial charge in [-0.2, -0.15) is 0 Å². The van der Waals surface area contributed by atoms with E-state index < -0.39 is 21.3 Å². The molecule has 0 N–H and O–H groups in total. The standard InChI is InChI=1S/C23H21.C7H9.C3H6.2ClH.Zr/c1-22(2)7-5-14-10-18-16(12-20(14)22)9-17-13-21-15(11-19(17)18)6-8-23(21,3)4;1-6-3-4-7(2)5-6;1-3-2;;;/h5-7,10-13H,9H2,1-4H3;3,5,7H,1-2H3;1-2H3;2*1H;/q;;;;;+2/p-2. The van der Waals surface area contributed by atoms with Crippen LogP contribution < -0.4 is 24.8 Å². The van der Waals surface area contributed by atoms with Crippen molar-refractivity contribution < 1.29 is 46.1 Å². The van der Waals surface area contributed by atoms with Crippen LogP contribution in [0.5, 0.6) is 0 Å². The van der Waals surface area contributed by atoms with Crippen molar-refractivity contribution in [2.24, 2.45) is 5.92 Å². The van der Waals surface area contributed by atoms with Gasteiger partial charge in [-0.15, -0.1) is 0 Å². The summed E-state index contributed by atoms with van der Waals surface area (Å²) in [6, 6.07) is 10.1. The van der Waals surface area contributed by atoms with Gasteiger partial charge in [-0.05, 0) is 0 Å².